The molecule has 0 aliphatic carbocycles. The van der Waals surface area contributed by atoms with Gasteiger partial charge in [0.05, 0.1) is 12.7 Å². The third kappa shape index (κ3) is 6.13. The molecule has 1 atom stereocenters. The first-order valence-electron chi connectivity index (χ1n) is 6.06. The second kappa shape index (κ2) is 5.83. The van der Waals surface area contributed by atoms with Crippen LogP contribution in [0.15, 0.2) is 0 Å². The number of morpholine rings is 1. The number of hydrogen-bond donors (Lipinski definition) is 1. The minimum atomic E-state index is 0.248. The fourth-order valence-electron chi connectivity index (χ4n) is 1.86. The van der Waals surface area contributed by atoms with Crippen LogP contribution in [-0.4, -0.2) is 49.3 Å². The maximum absolute atomic E-state index is 5.51. The van der Waals surface area contributed by atoms with Gasteiger partial charge in [0.15, 0.2) is 0 Å². The van der Waals surface area contributed by atoms with Gasteiger partial charge in [-0.1, -0.05) is 0 Å². The molecule has 3 heteroatoms. The highest BCUT2D eigenvalue weighted by atomic mass is 16.5. The van der Waals surface area contributed by atoms with Gasteiger partial charge in [-0.2, -0.15) is 0 Å². The SMILES string of the molecule is CC1CN(CCCNC(C)(C)C)CCO1. The summed E-state index contributed by atoms with van der Waals surface area (Å²) in [5.41, 5.74) is 0.248. The van der Waals surface area contributed by atoms with Gasteiger partial charge in [0.1, 0.15) is 0 Å². The Kier molecular flexibility index (Phi) is 5.03. The van der Waals surface area contributed by atoms with Crippen LogP contribution in [0.3, 0.4) is 0 Å². The fraction of sp³-hybridized carbons (Fsp3) is 1.00. The fourth-order valence-corrected chi connectivity index (χ4v) is 1.86. The van der Waals surface area contributed by atoms with Crippen molar-refractivity contribution in [3.8, 4) is 0 Å². The smallest absolute Gasteiger partial charge is 0.0674 e. The van der Waals surface area contributed by atoms with Crippen LogP contribution in [0.4, 0.5) is 0 Å². The Balaban J connectivity index is 2.04. The standard InChI is InChI=1S/C12H26N2O/c1-11-10-14(8-9-15-11)7-5-6-13-12(2,3)4/h11,13H,5-10H2,1-4H3. The lowest BCUT2D eigenvalue weighted by atomic mass is 10.1. The van der Waals surface area contributed by atoms with Crippen molar-refractivity contribution >= 4 is 0 Å². The zero-order valence-electron chi connectivity index (χ0n) is 10.7. The maximum Gasteiger partial charge on any atom is 0.0674 e. The molecular formula is C12H26N2O. The molecule has 1 aliphatic heterocycles. The number of ether oxygens (including phenoxy) is 1. The van der Waals surface area contributed by atoms with Crippen LogP contribution in [0, 0.1) is 0 Å². The highest BCUT2D eigenvalue weighted by Gasteiger charge is 2.16. The van der Waals surface area contributed by atoms with E-state index in [1.165, 1.54) is 13.0 Å². The normalized spacial score (nSPS) is 24.4. The highest BCUT2D eigenvalue weighted by Crippen LogP contribution is 2.05. The summed E-state index contributed by atoms with van der Waals surface area (Å²) in [5.74, 6) is 0. The summed E-state index contributed by atoms with van der Waals surface area (Å²) in [4.78, 5) is 2.50. The Morgan fingerprint density at radius 3 is 2.73 bits per heavy atom. The monoisotopic (exact) mass is 214 g/mol. The van der Waals surface area contributed by atoms with E-state index in [-0.39, 0.29) is 5.54 Å². The summed E-state index contributed by atoms with van der Waals surface area (Å²) in [7, 11) is 0. The second-order valence-corrected chi connectivity index (χ2v) is 5.51. The molecule has 0 bridgehead atoms. The van der Waals surface area contributed by atoms with E-state index in [0.717, 1.165) is 26.2 Å². The number of rotatable bonds is 4. The van der Waals surface area contributed by atoms with E-state index in [1.54, 1.807) is 0 Å². The lowest BCUT2D eigenvalue weighted by molar-refractivity contribution is -0.0184. The minimum absolute atomic E-state index is 0.248. The van der Waals surface area contributed by atoms with Gasteiger partial charge in [0, 0.05) is 18.6 Å². The zero-order valence-corrected chi connectivity index (χ0v) is 10.7. The predicted molar refractivity (Wildman–Crippen MR) is 64.2 cm³/mol. The average molecular weight is 214 g/mol. The van der Waals surface area contributed by atoms with Gasteiger partial charge in [-0.15, -0.1) is 0 Å². The van der Waals surface area contributed by atoms with Crippen LogP contribution in [-0.2, 0) is 4.74 Å². The second-order valence-electron chi connectivity index (χ2n) is 5.51. The average Bonchev–Trinajstić information content (AvgIpc) is 2.11. The zero-order chi connectivity index (χ0) is 11.3. The Hall–Kier alpha value is -0.120. The number of hydrogen-bond acceptors (Lipinski definition) is 3. The summed E-state index contributed by atoms with van der Waals surface area (Å²) in [6, 6.07) is 0. The summed E-state index contributed by atoms with van der Waals surface area (Å²) in [6.45, 7) is 14.2. The molecular weight excluding hydrogens is 188 g/mol. The Morgan fingerprint density at radius 1 is 1.40 bits per heavy atom. The van der Waals surface area contributed by atoms with Crippen molar-refractivity contribution in [1.29, 1.82) is 0 Å². The topological polar surface area (TPSA) is 24.5 Å². The lowest BCUT2D eigenvalue weighted by Gasteiger charge is -2.31. The number of nitrogens with zero attached hydrogens (tertiary/aromatic N) is 1. The van der Waals surface area contributed by atoms with Crippen LogP contribution in [0.2, 0.25) is 0 Å². The van der Waals surface area contributed by atoms with Gasteiger partial charge >= 0.3 is 0 Å². The van der Waals surface area contributed by atoms with Crippen molar-refractivity contribution in [2.75, 3.05) is 32.8 Å². The van der Waals surface area contributed by atoms with E-state index < -0.39 is 0 Å². The molecule has 0 aromatic rings. The molecule has 1 saturated heterocycles. The summed E-state index contributed by atoms with van der Waals surface area (Å²) < 4.78 is 5.51. The van der Waals surface area contributed by atoms with E-state index in [2.05, 4.69) is 37.9 Å². The molecule has 15 heavy (non-hydrogen) atoms. The third-order valence-corrected chi connectivity index (χ3v) is 2.63. The minimum Gasteiger partial charge on any atom is -0.376 e. The molecule has 1 rings (SSSR count). The van der Waals surface area contributed by atoms with E-state index in [4.69, 9.17) is 4.74 Å². The predicted octanol–water partition coefficient (Wildman–Crippen LogP) is 1.49. The molecule has 0 aromatic heterocycles. The van der Waals surface area contributed by atoms with Crippen molar-refractivity contribution in [3.05, 3.63) is 0 Å². The third-order valence-electron chi connectivity index (χ3n) is 2.63. The van der Waals surface area contributed by atoms with Crippen molar-refractivity contribution in [1.82, 2.24) is 10.2 Å². The molecule has 90 valence electrons. The van der Waals surface area contributed by atoms with E-state index in [9.17, 15) is 0 Å². The van der Waals surface area contributed by atoms with Crippen LogP contribution in [0.1, 0.15) is 34.1 Å². The first kappa shape index (κ1) is 12.9. The van der Waals surface area contributed by atoms with Gasteiger partial charge < -0.3 is 10.1 Å². The van der Waals surface area contributed by atoms with Crippen molar-refractivity contribution in [3.63, 3.8) is 0 Å². The maximum atomic E-state index is 5.51. The Morgan fingerprint density at radius 2 is 2.13 bits per heavy atom. The van der Waals surface area contributed by atoms with Crippen LogP contribution >= 0.6 is 0 Å². The van der Waals surface area contributed by atoms with E-state index >= 15 is 0 Å². The van der Waals surface area contributed by atoms with Crippen LogP contribution in [0.25, 0.3) is 0 Å². The van der Waals surface area contributed by atoms with Gasteiger partial charge in [-0.25, -0.2) is 0 Å². The van der Waals surface area contributed by atoms with Gasteiger partial charge in [-0.05, 0) is 47.2 Å². The van der Waals surface area contributed by atoms with Crippen LogP contribution < -0.4 is 5.32 Å². The Labute approximate surface area is 94.2 Å². The Bertz CT molecular complexity index is 177. The summed E-state index contributed by atoms with van der Waals surface area (Å²) >= 11 is 0. The molecule has 3 nitrogen and oxygen atoms in total. The molecule has 0 aromatic carbocycles. The van der Waals surface area contributed by atoms with Crippen molar-refractivity contribution in [2.24, 2.45) is 0 Å². The largest absolute Gasteiger partial charge is 0.376 e. The molecule has 0 amide bonds. The molecule has 0 saturated carbocycles. The summed E-state index contributed by atoms with van der Waals surface area (Å²) in [5, 5.41) is 3.51. The molecule has 1 unspecified atom stereocenters. The molecule has 1 fully saturated rings. The summed E-state index contributed by atoms with van der Waals surface area (Å²) in [6.07, 6.45) is 1.64. The number of nitrogens with one attached hydrogen (secondary N) is 1. The van der Waals surface area contributed by atoms with Crippen molar-refractivity contribution < 1.29 is 4.74 Å². The van der Waals surface area contributed by atoms with Gasteiger partial charge in [-0.3, -0.25) is 4.90 Å². The first-order valence-corrected chi connectivity index (χ1v) is 6.06. The molecule has 0 radical (unpaired) electrons. The molecule has 0 spiro atoms. The van der Waals surface area contributed by atoms with Crippen molar-refractivity contribution in [2.45, 2.75) is 45.8 Å². The first-order chi connectivity index (χ1) is 6.97. The van der Waals surface area contributed by atoms with Crippen LogP contribution in [0.5, 0.6) is 0 Å². The molecule has 1 heterocycles. The van der Waals surface area contributed by atoms with E-state index in [1.807, 2.05) is 0 Å². The molecule has 1 aliphatic rings. The lowest BCUT2D eigenvalue weighted by Crippen LogP contribution is -2.43. The molecule has 1 N–H and O–H groups in total. The van der Waals surface area contributed by atoms with E-state index in [0.29, 0.717) is 6.10 Å². The van der Waals surface area contributed by atoms with Gasteiger partial charge in [0.25, 0.3) is 0 Å². The highest BCUT2D eigenvalue weighted by molar-refractivity contribution is 4.72. The quantitative estimate of drug-likeness (QED) is 0.718. The van der Waals surface area contributed by atoms with Gasteiger partial charge in [0.2, 0.25) is 0 Å².